The van der Waals surface area contributed by atoms with Gasteiger partial charge in [-0.3, -0.25) is 4.79 Å². The van der Waals surface area contributed by atoms with E-state index in [4.69, 9.17) is 5.11 Å². The van der Waals surface area contributed by atoms with Crippen LogP contribution in [-0.4, -0.2) is 23.2 Å². The van der Waals surface area contributed by atoms with Gasteiger partial charge in [-0.05, 0) is 44.0 Å². The number of carbonyl (C=O) groups is 1. The van der Waals surface area contributed by atoms with Crippen LogP contribution in [0.3, 0.4) is 0 Å². The molecule has 3 heteroatoms. The lowest BCUT2D eigenvalue weighted by Crippen LogP contribution is -2.43. The molecule has 106 valence electrons. The van der Waals surface area contributed by atoms with E-state index >= 15 is 0 Å². The maximum Gasteiger partial charge on any atom is 0.251 e. The van der Waals surface area contributed by atoms with Crippen molar-refractivity contribution in [1.29, 1.82) is 0 Å². The van der Waals surface area contributed by atoms with E-state index in [1.165, 1.54) is 12.8 Å². The molecule has 0 aromatic heterocycles. The van der Waals surface area contributed by atoms with E-state index in [0.29, 0.717) is 12.0 Å². The molecular weight excluding hydrogens is 250 g/mol. The van der Waals surface area contributed by atoms with Crippen molar-refractivity contribution in [2.24, 2.45) is 0 Å². The molecule has 20 heavy (non-hydrogen) atoms. The number of hydrogen-bond donors (Lipinski definition) is 2. The molecule has 1 amide bonds. The molecule has 0 saturated heterocycles. The molecule has 0 unspecified atom stereocenters. The minimum Gasteiger partial charge on any atom is -0.395 e. The zero-order valence-corrected chi connectivity index (χ0v) is 11.9. The van der Waals surface area contributed by atoms with Gasteiger partial charge in [0, 0.05) is 23.1 Å². The normalized spacial score (nSPS) is 16.3. The Balaban J connectivity index is 1.99. The molecule has 0 bridgehead atoms. The van der Waals surface area contributed by atoms with Gasteiger partial charge < -0.3 is 10.4 Å². The third-order valence-electron chi connectivity index (χ3n) is 3.74. The van der Waals surface area contributed by atoms with Gasteiger partial charge in [0.2, 0.25) is 0 Å². The van der Waals surface area contributed by atoms with Crippen molar-refractivity contribution in [3.63, 3.8) is 0 Å². The van der Waals surface area contributed by atoms with Crippen molar-refractivity contribution in [3.8, 4) is 11.8 Å². The average Bonchev–Trinajstić information content (AvgIpc) is 2.86. The summed E-state index contributed by atoms with van der Waals surface area (Å²) < 4.78 is 0. The number of hydrogen-bond acceptors (Lipinski definition) is 2. The third-order valence-corrected chi connectivity index (χ3v) is 3.74. The van der Waals surface area contributed by atoms with Crippen LogP contribution in [0.2, 0.25) is 0 Å². The Morgan fingerprint density at radius 1 is 1.30 bits per heavy atom. The van der Waals surface area contributed by atoms with Crippen LogP contribution in [0.4, 0.5) is 0 Å². The van der Waals surface area contributed by atoms with E-state index in [0.717, 1.165) is 18.4 Å². The summed E-state index contributed by atoms with van der Waals surface area (Å²) in [6, 6.07) is 7.29. The summed E-state index contributed by atoms with van der Waals surface area (Å²) in [7, 11) is 0. The van der Waals surface area contributed by atoms with Gasteiger partial charge in [-0.25, -0.2) is 0 Å². The van der Waals surface area contributed by atoms with Crippen LogP contribution in [0, 0.1) is 11.8 Å². The molecule has 0 aliphatic heterocycles. The Morgan fingerprint density at radius 3 is 2.55 bits per heavy atom. The number of benzene rings is 1. The summed E-state index contributed by atoms with van der Waals surface area (Å²) in [5.41, 5.74) is 1.49. The van der Waals surface area contributed by atoms with Gasteiger partial charge >= 0.3 is 0 Å². The summed E-state index contributed by atoms with van der Waals surface area (Å²) in [5, 5.41) is 11.8. The van der Waals surface area contributed by atoms with E-state index in [1.807, 2.05) is 12.1 Å². The lowest BCUT2D eigenvalue weighted by atomic mass is 10.00. The zero-order chi connectivity index (χ0) is 14.4. The molecule has 1 aliphatic rings. The van der Waals surface area contributed by atoms with Crippen molar-refractivity contribution < 1.29 is 9.90 Å². The molecule has 2 rings (SSSR count). The van der Waals surface area contributed by atoms with Crippen molar-refractivity contribution in [3.05, 3.63) is 35.4 Å². The molecule has 0 spiro atoms. The van der Waals surface area contributed by atoms with Crippen molar-refractivity contribution >= 4 is 5.91 Å². The van der Waals surface area contributed by atoms with Gasteiger partial charge in [-0.2, -0.15) is 0 Å². The van der Waals surface area contributed by atoms with Gasteiger partial charge in [-0.1, -0.05) is 24.7 Å². The molecule has 3 nitrogen and oxygen atoms in total. The van der Waals surface area contributed by atoms with Crippen LogP contribution in [0.1, 0.15) is 54.9 Å². The van der Waals surface area contributed by atoms with Gasteiger partial charge in [0.1, 0.15) is 0 Å². The molecular formula is C17H21NO2. The van der Waals surface area contributed by atoms with Crippen LogP contribution < -0.4 is 5.32 Å². The second-order valence-corrected chi connectivity index (χ2v) is 5.57. The standard InChI is InChI=1S/C17H21NO2/c1-17(11-3-4-12-17)18-16(20)15-9-7-14(8-10-15)6-2-5-13-19/h7-10,19H,3-5,11-13H2,1H3,(H,18,20). The highest BCUT2D eigenvalue weighted by molar-refractivity contribution is 5.94. The maximum absolute atomic E-state index is 12.2. The van der Waals surface area contributed by atoms with Crippen LogP contribution in [0.5, 0.6) is 0 Å². The summed E-state index contributed by atoms with van der Waals surface area (Å²) >= 11 is 0. The van der Waals surface area contributed by atoms with Gasteiger partial charge in [0.05, 0.1) is 6.61 Å². The summed E-state index contributed by atoms with van der Waals surface area (Å²) in [5.74, 6) is 5.80. The minimum atomic E-state index is -0.0450. The first kappa shape index (κ1) is 14.6. The average molecular weight is 271 g/mol. The Kier molecular flexibility index (Phi) is 4.81. The van der Waals surface area contributed by atoms with E-state index < -0.39 is 0 Å². The molecule has 1 aliphatic carbocycles. The van der Waals surface area contributed by atoms with E-state index in [1.54, 1.807) is 12.1 Å². The number of aliphatic hydroxyl groups is 1. The Labute approximate surface area is 120 Å². The molecule has 0 radical (unpaired) electrons. The topological polar surface area (TPSA) is 49.3 Å². The quantitative estimate of drug-likeness (QED) is 0.830. The zero-order valence-electron chi connectivity index (χ0n) is 11.9. The number of rotatable bonds is 3. The number of amides is 1. The second kappa shape index (κ2) is 6.58. The fraction of sp³-hybridized carbons (Fsp3) is 0.471. The monoisotopic (exact) mass is 271 g/mol. The highest BCUT2D eigenvalue weighted by Crippen LogP contribution is 2.29. The maximum atomic E-state index is 12.2. The Bertz CT molecular complexity index is 516. The number of aliphatic hydroxyl groups excluding tert-OH is 1. The lowest BCUT2D eigenvalue weighted by Gasteiger charge is -2.25. The first-order chi connectivity index (χ1) is 9.63. The minimum absolute atomic E-state index is 0.00994. The molecule has 2 N–H and O–H groups in total. The summed E-state index contributed by atoms with van der Waals surface area (Å²) in [6.07, 6.45) is 4.97. The number of nitrogens with one attached hydrogen (secondary N) is 1. The fourth-order valence-electron chi connectivity index (χ4n) is 2.55. The molecule has 1 aromatic rings. The molecule has 1 aromatic carbocycles. The van der Waals surface area contributed by atoms with Crippen LogP contribution >= 0.6 is 0 Å². The molecule has 1 fully saturated rings. The second-order valence-electron chi connectivity index (χ2n) is 5.57. The summed E-state index contributed by atoms with van der Waals surface area (Å²) in [4.78, 5) is 12.2. The van der Waals surface area contributed by atoms with Crippen molar-refractivity contribution in [2.45, 2.75) is 44.6 Å². The van der Waals surface area contributed by atoms with Crippen molar-refractivity contribution in [1.82, 2.24) is 5.32 Å². The number of carbonyl (C=O) groups excluding carboxylic acids is 1. The van der Waals surface area contributed by atoms with Gasteiger partial charge in [0.15, 0.2) is 0 Å². The lowest BCUT2D eigenvalue weighted by molar-refractivity contribution is 0.0908. The van der Waals surface area contributed by atoms with Crippen LogP contribution in [0.15, 0.2) is 24.3 Å². The molecule has 0 heterocycles. The highest BCUT2D eigenvalue weighted by atomic mass is 16.2. The SMILES string of the molecule is CC1(NC(=O)c2ccc(C#CCCO)cc2)CCCC1. The summed E-state index contributed by atoms with van der Waals surface area (Å²) in [6.45, 7) is 2.19. The molecule has 0 atom stereocenters. The first-order valence-corrected chi connectivity index (χ1v) is 7.15. The van der Waals surface area contributed by atoms with Gasteiger partial charge in [0.25, 0.3) is 5.91 Å². The Hall–Kier alpha value is -1.79. The van der Waals surface area contributed by atoms with Gasteiger partial charge in [-0.15, -0.1) is 0 Å². The molecule has 1 saturated carbocycles. The van der Waals surface area contributed by atoms with E-state index in [9.17, 15) is 4.79 Å². The van der Waals surface area contributed by atoms with E-state index in [2.05, 4.69) is 24.1 Å². The smallest absolute Gasteiger partial charge is 0.251 e. The fourth-order valence-corrected chi connectivity index (χ4v) is 2.55. The Morgan fingerprint density at radius 2 is 1.95 bits per heavy atom. The van der Waals surface area contributed by atoms with Crippen LogP contribution in [-0.2, 0) is 0 Å². The largest absolute Gasteiger partial charge is 0.395 e. The van der Waals surface area contributed by atoms with Crippen LogP contribution in [0.25, 0.3) is 0 Å². The predicted octanol–water partition coefficient (Wildman–Crippen LogP) is 2.48. The van der Waals surface area contributed by atoms with Crippen molar-refractivity contribution in [2.75, 3.05) is 6.61 Å². The van der Waals surface area contributed by atoms with E-state index in [-0.39, 0.29) is 18.1 Å². The highest BCUT2D eigenvalue weighted by Gasteiger charge is 2.30. The first-order valence-electron chi connectivity index (χ1n) is 7.15. The predicted molar refractivity (Wildman–Crippen MR) is 79.4 cm³/mol. The third kappa shape index (κ3) is 3.85.